The highest BCUT2D eigenvalue weighted by atomic mass is 16.6. The molecule has 0 radical (unpaired) electrons. The Labute approximate surface area is 135 Å². The van der Waals surface area contributed by atoms with Crippen LogP contribution >= 0.6 is 0 Å². The highest BCUT2D eigenvalue weighted by Gasteiger charge is 2.33. The summed E-state index contributed by atoms with van der Waals surface area (Å²) in [5, 5.41) is 14.5. The lowest BCUT2D eigenvalue weighted by Gasteiger charge is -2.27. The van der Waals surface area contributed by atoms with Crippen molar-refractivity contribution in [2.45, 2.75) is 37.8 Å². The Hall–Kier alpha value is -2.56. The van der Waals surface area contributed by atoms with Crippen LogP contribution in [0.4, 0.5) is 5.69 Å². The van der Waals surface area contributed by atoms with Gasteiger partial charge in [-0.3, -0.25) is 10.1 Å². The van der Waals surface area contributed by atoms with E-state index in [1.165, 1.54) is 0 Å². The van der Waals surface area contributed by atoms with Crippen LogP contribution in [0.1, 0.15) is 25.7 Å². The number of ether oxygens (including phenoxy) is 1. The monoisotopic (exact) mass is 312 g/mol. The summed E-state index contributed by atoms with van der Waals surface area (Å²) in [6.07, 6.45) is 3.47. The molecule has 0 saturated heterocycles. The van der Waals surface area contributed by atoms with E-state index in [0.717, 1.165) is 36.4 Å². The van der Waals surface area contributed by atoms with Gasteiger partial charge in [-0.2, -0.15) is 0 Å². The number of hydrogen-bond donors (Lipinski definition) is 1. The predicted octanol–water partition coefficient (Wildman–Crippen LogP) is 4.48. The molecule has 0 spiro atoms. The van der Waals surface area contributed by atoms with E-state index in [9.17, 15) is 10.1 Å². The highest BCUT2D eigenvalue weighted by Crippen LogP contribution is 2.26. The first kappa shape index (κ1) is 15.3. The van der Waals surface area contributed by atoms with Crippen molar-refractivity contribution in [2.24, 2.45) is 0 Å². The number of anilines is 1. The summed E-state index contributed by atoms with van der Waals surface area (Å²) in [6.45, 7) is 0. The SMILES string of the molecule is O=[N+]([O-])[C@H]1CCCC[C@@H]1Nc1ccc(Oc2ccccc2)cc1. The third-order valence-electron chi connectivity index (χ3n) is 4.19. The van der Waals surface area contributed by atoms with E-state index in [1.54, 1.807) is 0 Å². The van der Waals surface area contributed by atoms with Crippen molar-refractivity contribution in [3.05, 3.63) is 64.7 Å². The molecule has 2 aromatic carbocycles. The minimum absolute atomic E-state index is 0.0976. The van der Waals surface area contributed by atoms with E-state index in [4.69, 9.17) is 4.74 Å². The van der Waals surface area contributed by atoms with Crippen molar-refractivity contribution in [3.63, 3.8) is 0 Å². The third-order valence-corrected chi connectivity index (χ3v) is 4.19. The summed E-state index contributed by atoms with van der Waals surface area (Å²) in [4.78, 5) is 11.0. The minimum atomic E-state index is -0.496. The minimum Gasteiger partial charge on any atom is -0.457 e. The van der Waals surface area contributed by atoms with Gasteiger partial charge in [0.2, 0.25) is 6.04 Å². The Kier molecular flexibility index (Phi) is 4.76. The van der Waals surface area contributed by atoms with Gasteiger partial charge in [-0.05, 0) is 49.2 Å². The molecule has 0 heterocycles. The summed E-state index contributed by atoms with van der Waals surface area (Å²) in [7, 11) is 0. The molecule has 3 rings (SSSR count). The van der Waals surface area contributed by atoms with Gasteiger partial charge in [0, 0.05) is 17.0 Å². The number of para-hydroxylation sites is 1. The molecule has 1 aliphatic rings. The zero-order valence-electron chi connectivity index (χ0n) is 12.9. The lowest BCUT2D eigenvalue weighted by molar-refractivity contribution is -0.527. The first-order chi connectivity index (χ1) is 11.2. The fraction of sp³-hybridized carbons (Fsp3) is 0.333. The molecule has 5 nitrogen and oxygen atoms in total. The molecular weight excluding hydrogens is 292 g/mol. The van der Waals surface area contributed by atoms with E-state index >= 15 is 0 Å². The van der Waals surface area contributed by atoms with E-state index in [2.05, 4.69) is 5.32 Å². The van der Waals surface area contributed by atoms with Crippen LogP contribution in [0.25, 0.3) is 0 Å². The van der Waals surface area contributed by atoms with Crippen LogP contribution in [-0.2, 0) is 0 Å². The molecule has 0 amide bonds. The molecule has 2 atom stereocenters. The van der Waals surface area contributed by atoms with E-state index in [-0.39, 0.29) is 11.0 Å². The van der Waals surface area contributed by atoms with Gasteiger partial charge < -0.3 is 10.1 Å². The fourth-order valence-electron chi connectivity index (χ4n) is 2.99. The smallest absolute Gasteiger partial charge is 0.232 e. The molecule has 5 heteroatoms. The summed E-state index contributed by atoms with van der Waals surface area (Å²) in [5.41, 5.74) is 0.893. The fourth-order valence-corrected chi connectivity index (χ4v) is 2.99. The summed E-state index contributed by atoms with van der Waals surface area (Å²) in [5.74, 6) is 1.53. The lowest BCUT2D eigenvalue weighted by Crippen LogP contribution is -2.41. The standard InChI is InChI=1S/C18H20N2O3/c21-20(22)18-9-5-4-8-17(18)19-14-10-12-16(13-11-14)23-15-6-2-1-3-7-15/h1-3,6-7,10-13,17-19H,4-5,8-9H2/t17-,18-/m0/s1. The van der Waals surface area contributed by atoms with Crippen LogP contribution in [-0.4, -0.2) is 17.0 Å². The Bertz CT molecular complexity index is 643. The van der Waals surface area contributed by atoms with Gasteiger partial charge in [0.1, 0.15) is 11.5 Å². The molecule has 2 aromatic rings. The van der Waals surface area contributed by atoms with Crippen LogP contribution in [0.5, 0.6) is 11.5 Å². The van der Waals surface area contributed by atoms with Crippen molar-refractivity contribution in [2.75, 3.05) is 5.32 Å². The van der Waals surface area contributed by atoms with Crippen LogP contribution in [0, 0.1) is 10.1 Å². The van der Waals surface area contributed by atoms with E-state index < -0.39 is 6.04 Å². The van der Waals surface area contributed by atoms with Gasteiger partial charge in [-0.25, -0.2) is 0 Å². The van der Waals surface area contributed by atoms with Crippen molar-refractivity contribution in [1.29, 1.82) is 0 Å². The van der Waals surface area contributed by atoms with Gasteiger partial charge in [-0.1, -0.05) is 24.6 Å². The number of hydrogen-bond acceptors (Lipinski definition) is 4. The van der Waals surface area contributed by atoms with Crippen molar-refractivity contribution >= 4 is 5.69 Å². The van der Waals surface area contributed by atoms with Crippen LogP contribution in [0.2, 0.25) is 0 Å². The summed E-state index contributed by atoms with van der Waals surface area (Å²) >= 11 is 0. The Balaban J connectivity index is 1.64. The maximum absolute atomic E-state index is 11.2. The van der Waals surface area contributed by atoms with Gasteiger partial charge in [0.25, 0.3) is 0 Å². The number of benzene rings is 2. The van der Waals surface area contributed by atoms with Crippen LogP contribution < -0.4 is 10.1 Å². The third kappa shape index (κ3) is 4.00. The zero-order valence-corrected chi connectivity index (χ0v) is 12.9. The van der Waals surface area contributed by atoms with Crippen molar-refractivity contribution < 1.29 is 9.66 Å². The van der Waals surface area contributed by atoms with E-state index in [0.29, 0.717) is 6.42 Å². The second kappa shape index (κ2) is 7.13. The Morgan fingerprint density at radius 2 is 1.61 bits per heavy atom. The molecule has 120 valence electrons. The summed E-state index contributed by atoms with van der Waals surface area (Å²) in [6, 6.07) is 16.6. The largest absolute Gasteiger partial charge is 0.457 e. The molecule has 23 heavy (non-hydrogen) atoms. The van der Waals surface area contributed by atoms with Gasteiger partial charge in [-0.15, -0.1) is 0 Å². The van der Waals surface area contributed by atoms with Gasteiger partial charge >= 0.3 is 0 Å². The molecule has 0 aromatic heterocycles. The van der Waals surface area contributed by atoms with Crippen LogP contribution in [0.3, 0.4) is 0 Å². The highest BCUT2D eigenvalue weighted by molar-refractivity contribution is 5.48. The van der Waals surface area contributed by atoms with Crippen molar-refractivity contribution in [1.82, 2.24) is 0 Å². The molecule has 1 aliphatic carbocycles. The molecule has 1 fully saturated rings. The average molecular weight is 312 g/mol. The quantitative estimate of drug-likeness (QED) is 0.653. The second-order valence-corrected chi connectivity index (χ2v) is 5.83. The zero-order chi connectivity index (χ0) is 16.1. The lowest BCUT2D eigenvalue weighted by atomic mass is 9.90. The number of nitrogens with zero attached hydrogens (tertiary/aromatic N) is 1. The molecule has 1 saturated carbocycles. The predicted molar refractivity (Wildman–Crippen MR) is 89.6 cm³/mol. The molecule has 0 unspecified atom stereocenters. The number of nitrogens with one attached hydrogen (secondary N) is 1. The van der Waals surface area contributed by atoms with Gasteiger partial charge in [0.05, 0.1) is 6.04 Å². The number of rotatable bonds is 5. The first-order valence-electron chi connectivity index (χ1n) is 7.95. The first-order valence-corrected chi connectivity index (χ1v) is 7.95. The van der Waals surface area contributed by atoms with E-state index in [1.807, 2.05) is 54.6 Å². The Morgan fingerprint density at radius 3 is 2.30 bits per heavy atom. The Morgan fingerprint density at radius 1 is 0.957 bits per heavy atom. The maximum Gasteiger partial charge on any atom is 0.232 e. The van der Waals surface area contributed by atoms with Crippen LogP contribution in [0.15, 0.2) is 54.6 Å². The molecule has 0 bridgehead atoms. The second-order valence-electron chi connectivity index (χ2n) is 5.83. The average Bonchev–Trinajstić information content (AvgIpc) is 2.58. The van der Waals surface area contributed by atoms with Crippen molar-refractivity contribution in [3.8, 4) is 11.5 Å². The molecule has 0 aliphatic heterocycles. The summed E-state index contributed by atoms with van der Waals surface area (Å²) < 4.78 is 5.75. The number of nitro groups is 1. The topological polar surface area (TPSA) is 64.4 Å². The maximum atomic E-state index is 11.2. The molecule has 1 N–H and O–H groups in total. The normalized spacial score (nSPS) is 20.7. The van der Waals surface area contributed by atoms with Gasteiger partial charge in [0.15, 0.2) is 0 Å². The molecular formula is C18H20N2O3.